The molecule has 0 radical (unpaired) electrons. The number of fused-ring (bicyclic) bond motifs is 1. The molecule has 1 aromatic heterocycles. The molecule has 1 N–H and O–H groups in total. The number of hydrogen-bond acceptors (Lipinski definition) is 4. The Morgan fingerprint density at radius 1 is 1.36 bits per heavy atom. The first-order chi connectivity index (χ1) is 11.8. The molecule has 2 aromatic rings. The van der Waals surface area contributed by atoms with Crippen molar-refractivity contribution in [2.24, 2.45) is 5.92 Å². The highest BCUT2D eigenvalue weighted by Gasteiger charge is 2.15. The molecule has 0 aliphatic heterocycles. The van der Waals surface area contributed by atoms with Gasteiger partial charge in [0.25, 0.3) is 5.56 Å². The van der Waals surface area contributed by atoms with E-state index in [-0.39, 0.29) is 29.2 Å². The molecule has 2 rings (SSSR count). The summed E-state index contributed by atoms with van der Waals surface area (Å²) in [5, 5.41) is 4.50. The number of nitrogens with zero attached hydrogens (tertiary/aromatic N) is 2. The number of carbonyl (C=O) groups excluding carboxylic acids is 1. The summed E-state index contributed by atoms with van der Waals surface area (Å²) in [4.78, 5) is 29.5. The summed E-state index contributed by atoms with van der Waals surface area (Å²) in [6.45, 7) is 8.62. The van der Waals surface area contributed by atoms with Crippen LogP contribution in [0.2, 0.25) is 5.02 Å². The first-order valence-corrected chi connectivity index (χ1v) is 9.80. The van der Waals surface area contributed by atoms with E-state index in [1.54, 1.807) is 22.8 Å². The van der Waals surface area contributed by atoms with E-state index in [9.17, 15) is 9.59 Å². The van der Waals surface area contributed by atoms with Crippen molar-refractivity contribution in [2.45, 2.75) is 51.9 Å². The molecular weight excluding hydrogens is 358 g/mol. The molecule has 0 saturated carbocycles. The van der Waals surface area contributed by atoms with E-state index in [1.807, 2.05) is 27.7 Å². The van der Waals surface area contributed by atoms with Gasteiger partial charge in [-0.15, -0.1) is 0 Å². The Labute approximate surface area is 157 Å². The van der Waals surface area contributed by atoms with E-state index in [2.05, 4.69) is 10.3 Å². The summed E-state index contributed by atoms with van der Waals surface area (Å²) in [5.74, 6) is 0.457. The smallest absolute Gasteiger partial charge is 0.262 e. The molecule has 0 spiro atoms. The van der Waals surface area contributed by atoms with Crippen LogP contribution in [-0.2, 0) is 11.3 Å². The number of thioether (sulfide) groups is 1. The Morgan fingerprint density at radius 2 is 2.08 bits per heavy atom. The predicted molar refractivity (Wildman–Crippen MR) is 104 cm³/mol. The molecule has 5 nitrogen and oxygen atoms in total. The van der Waals surface area contributed by atoms with E-state index in [4.69, 9.17) is 11.6 Å². The molecule has 0 fully saturated rings. The molecule has 0 aliphatic rings. The van der Waals surface area contributed by atoms with Crippen molar-refractivity contribution >= 4 is 40.2 Å². The Bertz CT molecular complexity index is 820. The Hall–Kier alpha value is -1.53. The molecule has 0 saturated heterocycles. The lowest BCUT2D eigenvalue weighted by atomic mass is 10.2. The SMILES string of the molecule is CC[C@@H](C)NC(=O)CSc1nc2ccc(Cl)cc2c(=O)n1CC(C)C. The number of carbonyl (C=O) groups is 1. The fourth-order valence-electron chi connectivity index (χ4n) is 2.36. The lowest BCUT2D eigenvalue weighted by Crippen LogP contribution is -2.33. The summed E-state index contributed by atoms with van der Waals surface area (Å²) in [6.07, 6.45) is 0.878. The minimum atomic E-state index is -0.119. The van der Waals surface area contributed by atoms with E-state index in [0.717, 1.165) is 6.42 Å². The fourth-order valence-corrected chi connectivity index (χ4v) is 3.35. The molecule has 0 bridgehead atoms. The average molecular weight is 382 g/mol. The van der Waals surface area contributed by atoms with Crippen LogP contribution in [0.25, 0.3) is 10.9 Å². The van der Waals surface area contributed by atoms with Crippen LogP contribution in [0.3, 0.4) is 0 Å². The second-order valence-corrected chi connectivity index (χ2v) is 7.91. The van der Waals surface area contributed by atoms with Crippen LogP contribution in [-0.4, -0.2) is 27.3 Å². The van der Waals surface area contributed by atoms with Gasteiger partial charge in [-0.25, -0.2) is 4.98 Å². The van der Waals surface area contributed by atoms with Crippen LogP contribution < -0.4 is 10.9 Å². The van der Waals surface area contributed by atoms with Crippen molar-refractivity contribution in [3.63, 3.8) is 0 Å². The number of nitrogens with one attached hydrogen (secondary N) is 1. The maximum atomic E-state index is 12.9. The van der Waals surface area contributed by atoms with Crippen molar-refractivity contribution in [2.75, 3.05) is 5.75 Å². The van der Waals surface area contributed by atoms with Crippen LogP contribution in [0.4, 0.5) is 0 Å². The molecule has 25 heavy (non-hydrogen) atoms. The highest BCUT2D eigenvalue weighted by molar-refractivity contribution is 7.99. The molecule has 7 heteroatoms. The van der Waals surface area contributed by atoms with Crippen molar-refractivity contribution < 1.29 is 4.79 Å². The zero-order valence-corrected chi connectivity index (χ0v) is 16.6. The molecule has 1 atom stereocenters. The van der Waals surface area contributed by atoms with Gasteiger partial charge in [0, 0.05) is 17.6 Å². The minimum Gasteiger partial charge on any atom is -0.353 e. The van der Waals surface area contributed by atoms with Gasteiger partial charge in [-0.05, 0) is 37.5 Å². The topological polar surface area (TPSA) is 64.0 Å². The first-order valence-electron chi connectivity index (χ1n) is 8.44. The van der Waals surface area contributed by atoms with Gasteiger partial charge < -0.3 is 5.32 Å². The molecule has 1 aromatic carbocycles. The second kappa shape index (κ2) is 8.72. The zero-order chi connectivity index (χ0) is 18.6. The van der Waals surface area contributed by atoms with Gasteiger partial charge in [0.05, 0.1) is 16.7 Å². The lowest BCUT2D eigenvalue weighted by molar-refractivity contribution is -0.119. The van der Waals surface area contributed by atoms with E-state index in [0.29, 0.717) is 27.6 Å². The summed E-state index contributed by atoms with van der Waals surface area (Å²) in [7, 11) is 0. The van der Waals surface area contributed by atoms with Crippen LogP contribution in [0.1, 0.15) is 34.1 Å². The third-order valence-electron chi connectivity index (χ3n) is 3.78. The predicted octanol–water partition coefficient (Wildman–Crippen LogP) is 3.71. The molecule has 1 heterocycles. The third kappa shape index (κ3) is 5.22. The number of rotatable bonds is 7. The van der Waals surface area contributed by atoms with E-state index < -0.39 is 0 Å². The van der Waals surface area contributed by atoms with Crippen LogP contribution in [0, 0.1) is 5.92 Å². The van der Waals surface area contributed by atoms with Gasteiger partial charge in [-0.2, -0.15) is 0 Å². The highest BCUT2D eigenvalue weighted by atomic mass is 35.5. The largest absolute Gasteiger partial charge is 0.353 e. The summed E-state index contributed by atoms with van der Waals surface area (Å²) in [5.41, 5.74) is 0.477. The normalized spacial score (nSPS) is 12.6. The summed E-state index contributed by atoms with van der Waals surface area (Å²) < 4.78 is 1.64. The maximum Gasteiger partial charge on any atom is 0.262 e. The van der Waals surface area contributed by atoms with Crippen molar-refractivity contribution in [1.29, 1.82) is 0 Å². The standard InChI is InChI=1S/C18H24ClN3O2S/c1-5-12(4)20-16(23)10-25-18-21-15-7-6-13(19)8-14(15)17(24)22(18)9-11(2)3/h6-8,11-12H,5,9-10H2,1-4H3,(H,20,23)/t12-/m1/s1. The third-order valence-corrected chi connectivity index (χ3v) is 4.99. The van der Waals surface area contributed by atoms with Gasteiger partial charge in [0.2, 0.25) is 5.91 Å². The molecule has 0 unspecified atom stereocenters. The first kappa shape index (κ1) is 19.8. The van der Waals surface area contributed by atoms with Crippen LogP contribution in [0.15, 0.2) is 28.2 Å². The van der Waals surface area contributed by atoms with Gasteiger partial charge in [0.15, 0.2) is 5.16 Å². The minimum absolute atomic E-state index is 0.0547. The van der Waals surface area contributed by atoms with E-state index >= 15 is 0 Å². The van der Waals surface area contributed by atoms with Crippen molar-refractivity contribution in [3.05, 3.63) is 33.6 Å². The summed E-state index contributed by atoms with van der Waals surface area (Å²) >= 11 is 7.31. The van der Waals surface area contributed by atoms with Crippen molar-refractivity contribution in [3.8, 4) is 0 Å². The lowest BCUT2D eigenvalue weighted by Gasteiger charge is -2.15. The maximum absolute atomic E-state index is 12.9. The summed E-state index contributed by atoms with van der Waals surface area (Å²) in [6, 6.07) is 5.24. The number of halogens is 1. The Balaban J connectivity index is 2.35. The average Bonchev–Trinajstić information content (AvgIpc) is 2.56. The second-order valence-electron chi connectivity index (χ2n) is 6.53. The highest BCUT2D eigenvalue weighted by Crippen LogP contribution is 2.21. The number of benzene rings is 1. The van der Waals surface area contributed by atoms with E-state index in [1.165, 1.54) is 11.8 Å². The van der Waals surface area contributed by atoms with Gasteiger partial charge in [0.1, 0.15) is 0 Å². The molecular formula is C18H24ClN3O2S. The van der Waals surface area contributed by atoms with Gasteiger partial charge >= 0.3 is 0 Å². The Morgan fingerprint density at radius 3 is 2.72 bits per heavy atom. The number of amides is 1. The monoisotopic (exact) mass is 381 g/mol. The quantitative estimate of drug-likeness (QED) is 0.586. The van der Waals surface area contributed by atoms with Crippen molar-refractivity contribution in [1.82, 2.24) is 14.9 Å². The van der Waals surface area contributed by atoms with Gasteiger partial charge in [-0.1, -0.05) is 44.1 Å². The molecule has 136 valence electrons. The van der Waals surface area contributed by atoms with Crippen LogP contribution >= 0.6 is 23.4 Å². The number of aromatic nitrogens is 2. The molecule has 0 aliphatic carbocycles. The van der Waals surface area contributed by atoms with Gasteiger partial charge in [-0.3, -0.25) is 14.2 Å². The molecule has 1 amide bonds. The fraction of sp³-hybridized carbons (Fsp3) is 0.500. The Kier molecular flexibility index (Phi) is 6.90. The number of hydrogen-bond donors (Lipinski definition) is 1. The van der Waals surface area contributed by atoms with Crippen LogP contribution in [0.5, 0.6) is 0 Å². The zero-order valence-electron chi connectivity index (χ0n) is 15.0.